The first kappa shape index (κ1) is 11.9. The van der Waals surface area contributed by atoms with E-state index in [1.165, 1.54) is 19.3 Å². The molecule has 0 aromatic carbocycles. The number of carbonyl (C=O) groups excluding carboxylic acids is 1. The van der Waals surface area contributed by atoms with E-state index >= 15 is 0 Å². The maximum absolute atomic E-state index is 11.9. The smallest absolute Gasteiger partial charge is 0.223 e. The number of carbonyl (C=O) groups is 1. The number of aliphatic hydroxyl groups excluding tert-OH is 1. The summed E-state index contributed by atoms with van der Waals surface area (Å²) in [4.78, 5) is 11.9. The summed E-state index contributed by atoms with van der Waals surface area (Å²) < 4.78 is 0. The van der Waals surface area contributed by atoms with Crippen molar-refractivity contribution in [1.29, 1.82) is 0 Å². The topological polar surface area (TPSA) is 49.3 Å². The molecule has 0 aromatic heterocycles. The largest absolute Gasteiger partial charge is 0.394 e. The lowest BCUT2D eigenvalue weighted by Gasteiger charge is -2.18. The van der Waals surface area contributed by atoms with Crippen LogP contribution in [0.1, 0.15) is 39.5 Å². The van der Waals surface area contributed by atoms with Gasteiger partial charge in [-0.2, -0.15) is 0 Å². The van der Waals surface area contributed by atoms with Crippen molar-refractivity contribution in [3.63, 3.8) is 0 Å². The fourth-order valence-corrected chi connectivity index (χ4v) is 3.26. The third-order valence-electron chi connectivity index (χ3n) is 4.03. The predicted molar refractivity (Wildman–Crippen MR) is 62.8 cm³/mol. The molecule has 2 aliphatic carbocycles. The van der Waals surface area contributed by atoms with E-state index in [0.717, 1.165) is 6.42 Å². The number of aliphatic hydroxyl groups is 1. The van der Waals surface area contributed by atoms with Crippen LogP contribution in [0.5, 0.6) is 0 Å². The maximum atomic E-state index is 11.9. The van der Waals surface area contributed by atoms with Crippen molar-refractivity contribution in [1.82, 2.24) is 5.32 Å². The van der Waals surface area contributed by atoms with Gasteiger partial charge in [-0.3, -0.25) is 4.79 Å². The van der Waals surface area contributed by atoms with Gasteiger partial charge >= 0.3 is 0 Å². The number of rotatable bonds is 5. The molecule has 0 heterocycles. The number of amides is 1. The Kier molecular flexibility index (Phi) is 3.53. The average Bonchev–Trinajstić information content (AvgIpc) is 2.71. The highest BCUT2D eigenvalue weighted by Crippen LogP contribution is 2.57. The van der Waals surface area contributed by atoms with Gasteiger partial charge in [-0.1, -0.05) is 20.3 Å². The molecule has 1 amide bonds. The van der Waals surface area contributed by atoms with Crippen molar-refractivity contribution < 1.29 is 9.90 Å². The molecule has 2 N–H and O–H groups in total. The van der Waals surface area contributed by atoms with Crippen molar-refractivity contribution >= 4 is 5.91 Å². The number of fused-ring (bicyclic) bond motifs is 1. The maximum Gasteiger partial charge on any atom is 0.223 e. The Morgan fingerprint density at radius 2 is 2.00 bits per heavy atom. The van der Waals surface area contributed by atoms with Crippen molar-refractivity contribution in [2.24, 2.45) is 23.7 Å². The minimum Gasteiger partial charge on any atom is -0.394 e. The normalized spacial score (nSPS) is 33.6. The molecule has 92 valence electrons. The highest BCUT2D eigenvalue weighted by molar-refractivity contribution is 5.82. The molecule has 3 nitrogen and oxygen atoms in total. The summed E-state index contributed by atoms with van der Waals surface area (Å²) >= 11 is 0. The van der Waals surface area contributed by atoms with E-state index in [9.17, 15) is 9.90 Å². The first-order chi connectivity index (χ1) is 7.63. The average molecular weight is 225 g/mol. The Bertz CT molecular complexity index is 255. The Morgan fingerprint density at radius 1 is 1.38 bits per heavy atom. The zero-order valence-electron chi connectivity index (χ0n) is 10.3. The van der Waals surface area contributed by atoms with Crippen molar-refractivity contribution in [2.75, 3.05) is 6.61 Å². The molecule has 0 radical (unpaired) electrons. The number of nitrogens with one attached hydrogen (secondary N) is 1. The van der Waals surface area contributed by atoms with Crippen LogP contribution in [-0.2, 0) is 4.79 Å². The molecule has 0 aromatic rings. The second-order valence-corrected chi connectivity index (χ2v) is 5.80. The molecule has 2 aliphatic rings. The van der Waals surface area contributed by atoms with Gasteiger partial charge in [-0.05, 0) is 37.0 Å². The second kappa shape index (κ2) is 4.74. The standard InChI is InChI=1S/C13H23NO2/c1-8(2)6-9(7-15)14-13(16)12-10-4-3-5-11(10)12/h8-12,15H,3-7H2,1-2H3,(H,14,16). The van der Waals surface area contributed by atoms with E-state index in [0.29, 0.717) is 17.8 Å². The Labute approximate surface area is 97.6 Å². The molecule has 0 bridgehead atoms. The molecule has 2 rings (SSSR count). The highest BCUT2D eigenvalue weighted by Gasteiger charge is 2.56. The monoisotopic (exact) mass is 225 g/mol. The summed E-state index contributed by atoms with van der Waals surface area (Å²) in [6, 6.07) is -0.0474. The van der Waals surface area contributed by atoms with Crippen molar-refractivity contribution in [3.05, 3.63) is 0 Å². The van der Waals surface area contributed by atoms with Crippen molar-refractivity contribution in [2.45, 2.75) is 45.6 Å². The van der Waals surface area contributed by atoms with Crippen LogP contribution < -0.4 is 5.32 Å². The third kappa shape index (κ3) is 2.40. The second-order valence-electron chi connectivity index (χ2n) is 5.80. The van der Waals surface area contributed by atoms with E-state index in [2.05, 4.69) is 19.2 Å². The summed E-state index contributed by atoms with van der Waals surface area (Å²) in [5.41, 5.74) is 0. The highest BCUT2D eigenvalue weighted by atomic mass is 16.3. The minimum absolute atomic E-state index is 0.0474. The zero-order valence-corrected chi connectivity index (χ0v) is 10.3. The summed E-state index contributed by atoms with van der Waals surface area (Å²) in [5.74, 6) is 2.30. The lowest BCUT2D eigenvalue weighted by molar-refractivity contribution is -0.124. The van der Waals surface area contributed by atoms with Gasteiger partial charge in [0.2, 0.25) is 5.91 Å². The van der Waals surface area contributed by atoms with Crippen LogP contribution >= 0.6 is 0 Å². The van der Waals surface area contributed by atoms with Gasteiger partial charge in [-0.15, -0.1) is 0 Å². The van der Waals surface area contributed by atoms with Gasteiger partial charge in [0.25, 0.3) is 0 Å². The van der Waals surface area contributed by atoms with Gasteiger partial charge < -0.3 is 10.4 Å². The quantitative estimate of drug-likeness (QED) is 0.746. The van der Waals surface area contributed by atoms with Crippen LogP contribution in [0.25, 0.3) is 0 Å². The molecule has 0 saturated heterocycles. The fraction of sp³-hybridized carbons (Fsp3) is 0.923. The minimum atomic E-state index is -0.0474. The molecule has 0 aliphatic heterocycles. The van der Waals surface area contributed by atoms with E-state index in [1.807, 2.05) is 0 Å². The van der Waals surface area contributed by atoms with E-state index in [4.69, 9.17) is 0 Å². The summed E-state index contributed by atoms with van der Waals surface area (Å²) in [6.45, 7) is 4.29. The van der Waals surface area contributed by atoms with Gasteiger partial charge in [0, 0.05) is 5.92 Å². The number of hydrogen-bond acceptors (Lipinski definition) is 2. The molecule has 2 saturated carbocycles. The first-order valence-corrected chi connectivity index (χ1v) is 6.54. The van der Waals surface area contributed by atoms with Crippen molar-refractivity contribution in [3.8, 4) is 0 Å². The zero-order chi connectivity index (χ0) is 11.7. The van der Waals surface area contributed by atoms with Gasteiger partial charge in [0.1, 0.15) is 0 Å². The first-order valence-electron chi connectivity index (χ1n) is 6.54. The van der Waals surface area contributed by atoms with Crippen LogP contribution in [0.3, 0.4) is 0 Å². The van der Waals surface area contributed by atoms with Crippen LogP contribution in [0.15, 0.2) is 0 Å². The van der Waals surface area contributed by atoms with Gasteiger partial charge in [0.05, 0.1) is 12.6 Å². The molecule has 16 heavy (non-hydrogen) atoms. The molecule has 0 spiro atoms. The summed E-state index contributed by atoms with van der Waals surface area (Å²) in [6.07, 6.45) is 4.63. The third-order valence-corrected chi connectivity index (χ3v) is 4.03. The molecule has 2 fully saturated rings. The molecular formula is C13H23NO2. The van der Waals surface area contributed by atoms with Crippen LogP contribution in [0, 0.1) is 23.7 Å². The van der Waals surface area contributed by atoms with Gasteiger partial charge in [-0.25, -0.2) is 0 Å². The lowest BCUT2D eigenvalue weighted by atomic mass is 10.0. The van der Waals surface area contributed by atoms with E-state index < -0.39 is 0 Å². The van der Waals surface area contributed by atoms with E-state index in [-0.39, 0.29) is 24.5 Å². The Balaban J connectivity index is 1.78. The van der Waals surface area contributed by atoms with E-state index in [1.54, 1.807) is 0 Å². The Morgan fingerprint density at radius 3 is 2.50 bits per heavy atom. The SMILES string of the molecule is CC(C)CC(CO)NC(=O)C1C2CCCC21. The number of hydrogen-bond donors (Lipinski definition) is 2. The lowest BCUT2D eigenvalue weighted by Crippen LogP contribution is -2.40. The van der Waals surface area contributed by atoms with Gasteiger partial charge in [0.15, 0.2) is 0 Å². The molecule has 3 unspecified atom stereocenters. The molecule has 3 heteroatoms. The molecular weight excluding hydrogens is 202 g/mol. The molecule has 3 atom stereocenters. The van der Waals surface area contributed by atoms with Crippen LogP contribution in [-0.4, -0.2) is 23.7 Å². The predicted octanol–water partition coefficient (Wildman–Crippen LogP) is 1.56. The van der Waals surface area contributed by atoms with Crippen LogP contribution in [0.4, 0.5) is 0 Å². The van der Waals surface area contributed by atoms with Crippen LogP contribution in [0.2, 0.25) is 0 Å². The summed E-state index contributed by atoms with van der Waals surface area (Å²) in [7, 11) is 0. The Hall–Kier alpha value is -0.570. The summed E-state index contributed by atoms with van der Waals surface area (Å²) in [5, 5.41) is 12.2. The fourth-order valence-electron chi connectivity index (χ4n) is 3.26.